The maximum atomic E-state index is 12.5. The second-order valence-electron chi connectivity index (χ2n) is 5.34. The smallest absolute Gasteiger partial charge is 0.180 e. The maximum absolute atomic E-state index is 12.5. The lowest BCUT2D eigenvalue weighted by Gasteiger charge is -2.28. The van der Waals surface area contributed by atoms with Gasteiger partial charge in [0.15, 0.2) is 5.78 Å². The van der Waals surface area contributed by atoms with E-state index in [0.717, 1.165) is 17.7 Å². The van der Waals surface area contributed by atoms with Crippen molar-refractivity contribution in [3.05, 3.63) is 71.8 Å². The van der Waals surface area contributed by atoms with Gasteiger partial charge in [-0.2, -0.15) is 0 Å². The summed E-state index contributed by atoms with van der Waals surface area (Å²) in [5.74, 6) is 0.741. The summed E-state index contributed by atoms with van der Waals surface area (Å²) in [5.41, 5.74) is 1.64. The van der Waals surface area contributed by atoms with E-state index in [1.807, 2.05) is 66.7 Å². The highest BCUT2D eigenvalue weighted by molar-refractivity contribution is 6.34. The molecule has 112 valence electrons. The Hall–Kier alpha value is -2.06. The average molecular weight is 313 g/mol. The molecule has 2 nitrogen and oxygen atoms in total. The van der Waals surface area contributed by atoms with Crippen molar-refractivity contribution in [2.75, 3.05) is 0 Å². The molecule has 0 amide bonds. The lowest BCUT2D eigenvalue weighted by atomic mass is 9.89. The van der Waals surface area contributed by atoms with Crippen molar-refractivity contribution in [3.63, 3.8) is 0 Å². The van der Waals surface area contributed by atoms with E-state index in [-0.39, 0.29) is 11.9 Å². The Kier molecular flexibility index (Phi) is 4.59. The average Bonchev–Trinajstić information content (AvgIpc) is 2.56. The number of ether oxygens (including phenoxy) is 1. The van der Waals surface area contributed by atoms with Gasteiger partial charge in [0.2, 0.25) is 0 Å². The third-order valence-electron chi connectivity index (χ3n) is 3.74. The molecule has 1 saturated carbocycles. The zero-order valence-corrected chi connectivity index (χ0v) is 12.9. The fourth-order valence-corrected chi connectivity index (χ4v) is 2.85. The molecule has 2 atom stereocenters. The van der Waals surface area contributed by atoms with Crippen LogP contribution in [0.4, 0.5) is 0 Å². The largest absolute Gasteiger partial charge is 0.486 e. The van der Waals surface area contributed by atoms with Crippen LogP contribution in [0.25, 0.3) is 6.08 Å². The fourth-order valence-electron chi connectivity index (χ4n) is 2.60. The summed E-state index contributed by atoms with van der Waals surface area (Å²) >= 11 is 6.15. The molecule has 0 aliphatic heterocycles. The van der Waals surface area contributed by atoms with Gasteiger partial charge in [0.05, 0.1) is 5.38 Å². The van der Waals surface area contributed by atoms with Crippen molar-refractivity contribution in [3.8, 4) is 5.75 Å². The maximum Gasteiger partial charge on any atom is 0.180 e. The second kappa shape index (κ2) is 6.80. The van der Waals surface area contributed by atoms with Gasteiger partial charge in [-0.05, 0) is 36.6 Å². The topological polar surface area (TPSA) is 26.3 Å². The molecule has 0 saturated heterocycles. The zero-order valence-electron chi connectivity index (χ0n) is 12.1. The van der Waals surface area contributed by atoms with Crippen molar-refractivity contribution in [2.45, 2.75) is 24.3 Å². The van der Waals surface area contributed by atoms with Crippen LogP contribution in [0.15, 0.2) is 66.2 Å². The quantitative estimate of drug-likeness (QED) is 0.616. The summed E-state index contributed by atoms with van der Waals surface area (Å²) in [6.45, 7) is 0. The summed E-state index contributed by atoms with van der Waals surface area (Å²) in [6.07, 6.45) is 3.03. The molecule has 3 heteroatoms. The van der Waals surface area contributed by atoms with Crippen LogP contribution in [0, 0.1) is 0 Å². The summed E-state index contributed by atoms with van der Waals surface area (Å²) in [4.78, 5) is 12.5. The molecule has 1 fully saturated rings. The molecule has 0 spiro atoms. The van der Waals surface area contributed by atoms with Gasteiger partial charge in [-0.1, -0.05) is 48.5 Å². The summed E-state index contributed by atoms with van der Waals surface area (Å²) in [6, 6.07) is 19.4. The minimum absolute atomic E-state index is 0.0299. The molecule has 1 aliphatic carbocycles. The molecule has 2 aromatic rings. The third kappa shape index (κ3) is 3.40. The Morgan fingerprint density at radius 1 is 0.955 bits per heavy atom. The normalized spacial score (nSPS) is 23.5. The number of hydrogen-bond donors (Lipinski definition) is 0. The van der Waals surface area contributed by atoms with Crippen LogP contribution >= 0.6 is 11.6 Å². The van der Waals surface area contributed by atoms with E-state index in [1.165, 1.54) is 0 Å². The number of ketones is 1. The number of carbonyl (C=O) groups excluding carboxylic acids is 1. The van der Waals surface area contributed by atoms with E-state index in [2.05, 4.69) is 0 Å². The van der Waals surface area contributed by atoms with Crippen molar-refractivity contribution in [2.24, 2.45) is 0 Å². The molecule has 3 rings (SSSR count). The number of hydrogen-bond acceptors (Lipinski definition) is 2. The van der Waals surface area contributed by atoms with E-state index in [9.17, 15) is 4.79 Å². The van der Waals surface area contributed by atoms with Crippen molar-refractivity contribution < 1.29 is 9.53 Å². The van der Waals surface area contributed by atoms with E-state index in [1.54, 1.807) is 0 Å². The van der Waals surface area contributed by atoms with E-state index >= 15 is 0 Å². The monoisotopic (exact) mass is 312 g/mol. The minimum atomic E-state index is -0.453. The molecular formula is C19H17ClO2. The first kappa shape index (κ1) is 14.9. The van der Waals surface area contributed by atoms with Gasteiger partial charge in [0, 0.05) is 5.57 Å². The number of benzene rings is 2. The van der Waals surface area contributed by atoms with Crippen LogP contribution in [-0.2, 0) is 4.79 Å². The molecular weight excluding hydrogens is 296 g/mol. The first-order valence-corrected chi connectivity index (χ1v) is 7.84. The molecule has 0 bridgehead atoms. The molecule has 2 aromatic carbocycles. The zero-order chi connectivity index (χ0) is 15.4. The van der Waals surface area contributed by atoms with Crippen LogP contribution in [0.3, 0.4) is 0 Å². The van der Waals surface area contributed by atoms with Crippen molar-refractivity contribution in [1.82, 2.24) is 0 Å². The standard InChI is InChI=1S/C19H17ClO2/c20-17-11-12-18(22-15-9-5-2-6-10-15)16(19(17)21)13-14-7-3-1-4-8-14/h1-10,13,17-18H,11-12H2. The second-order valence-corrected chi connectivity index (χ2v) is 5.87. The molecule has 0 N–H and O–H groups in total. The summed E-state index contributed by atoms with van der Waals surface area (Å²) in [5, 5.41) is -0.453. The van der Waals surface area contributed by atoms with E-state index in [4.69, 9.17) is 16.3 Å². The molecule has 1 aliphatic rings. The Labute approximate surface area is 135 Å². The molecule has 0 radical (unpaired) electrons. The van der Waals surface area contributed by atoms with Gasteiger partial charge in [0.1, 0.15) is 11.9 Å². The number of carbonyl (C=O) groups is 1. The Morgan fingerprint density at radius 2 is 1.59 bits per heavy atom. The lowest BCUT2D eigenvalue weighted by molar-refractivity contribution is -0.117. The molecule has 2 unspecified atom stereocenters. The van der Waals surface area contributed by atoms with Crippen LogP contribution in [0.1, 0.15) is 18.4 Å². The van der Waals surface area contributed by atoms with Crippen molar-refractivity contribution >= 4 is 23.5 Å². The highest BCUT2D eigenvalue weighted by Crippen LogP contribution is 2.29. The molecule has 22 heavy (non-hydrogen) atoms. The van der Waals surface area contributed by atoms with E-state index < -0.39 is 5.38 Å². The number of halogens is 1. The van der Waals surface area contributed by atoms with Gasteiger partial charge in [-0.3, -0.25) is 4.79 Å². The van der Waals surface area contributed by atoms with Gasteiger partial charge in [-0.25, -0.2) is 0 Å². The first-order chi connectivity index (χ1) is 10.7. The fraction of sp³-hybridized carbons (Fsp3) is 0.211. The number of rotatable bonds is 3. The molecule has 0 aromatic heterocycles. The first-order valence-electron chi connectivity index (χ1n) is 7.40. The van der Waals surface area contributed by atoms with Gasteiger partial charge >= 0.3 is 0 Å². The predicted molar refractivity (Wildman–Crippen MR) is 89.2 cm³/mol. The predicted octanol–water partition coefficient (Wildman–Crippen LogP) is 4.49. The Bertz CT molecular complexity index is 664. The lowest BCUT2D eigenvalue weighted by Crippen LogP contribution is -2.35. The summed E-state index contributed by atoms with van der Waals surface area (Å²) < 4.78 is 6.01. The Balaban J connectivity index is 1.90. The number of Topliss-reactive ketones (excluding diaryl/α,β-unsaturated/α-hetero) is 1. The highest BCUT2D eigenvalue weighted by atomic mass is 35.5. The van der Waals surface area contributed by atoms with Gasteiger partial charge in [-0.15, -0.1) is 11.6 Å². The molecule has 0 heterocycles. The minimum Gasteiger partial charge on any atom is -0.486 e. The van der Waals surface area contributed by atoms with E-state index in [0.29, 0.717) is 12.0 Å². The number of alkyl halides is 1. The Morgan fingerprint density at radius 3 is 2.27 bits per heavy atom. The SMILES string of the molecule is O=C1C(=Cc2ccccc2)C(Oc2ccccc2)CCC1Cl. The summed E-state index contributed by atoms with van der Waals surface area (Å²) in [7, 11) is 0. The van der Waals surface area contributed by atoms with Crippen LogP contribution < -0.4 is 4.74 Å². The third-order valence-corrected chi connectivity index (χ3v) is 4.16. The highest BCUT2D eigenvalue weighted by Gasteiger charge is 2.33. The van der Waals surface area contributed by atoms with Gasteiger partial charge < -0.3 is 4.74 Å². The van der Waals surface area contributed by atoms with Gasteiger partial charge in [0.25, 0.3) is 0 Å². The van der Waals surface area contributed by atoms with Crippen molar-refractivity contribution in [1.29, 1.82) is 0 Å². The van der Waals surface area contributed by atoms with Crippen LogP contribution in [0.2, 0.25) is 0 Å². The van der Waals surface area contributed by atoms with Crippen LogP contribution in [0.5, 0.6) is 5.75 Å². The van der Waals surface area contributed by atoms with Crippen LogP contribution in [-0.4, -0.2) is 17.3 Å². The number of para-hydroxylation sites is 1.